The number of pyridine rings is 1. The van der Waals surface area contributed by atoms with Crippen LogP contribution in [-0.4, -0.2) is 65.1 Å². The van der Waals surface area contributed by atoms with Crippen LogP contribution >= 0.6 is 0 Å². The van der Waals surface area contributed by atoms with Crippen LogP contribution in [0.4, 0.5) is 15.0 Å². The summed E-state index contributed by atoms with van der Waals surface area (Å²) in [6, 6.07) is 4.86. The van der Waals surface area contributed by atoms with Gasteiger partial charge < -0.3 is 29.7 Å². The first-order valence-corrected chi connectivity index (χ1v) is 13.2. The Bertz CT molecular complexity index is 1430. The Balaban J connectivity index is 1.50. The van der Waals surface area contributed by atoms with Crippen LogP contribution in [-0.2, 0) is 24.9 Å². The number of hydrogen-bond donors (Lipinski definition) is 2. The third-order valence-corrected chi connectivity index (χ3v) is 7.50. The summed E-state index contributed by atoms with van der Waals surface area (Å²) in [7, 11) is 6.19. The van der Waals surface area contributed by atoms with Crippen molar-refractivity contribution >= 4 is 17.8 Å². The summed E-state index contributed by atoms with van der Waals surface area (Å²) in [6.45, 7) is 0.275. The molecular weight excluding hydrogens is 519 g/mol. The van der Waals surface area contributed by atoms with Crippen LogP contribution in [0.1, 0.15) is 47.2 Å². The molecular formula is C28H33FN6O5. The van der Waals surface area contributed by atoms with Crippen LogP contribution in [0, 0.1) is 5.82 Å². The molecule has 1 fully saturated rings. The number of carbonyl (C=O) groups excluding carboxylic acids is 2. The second-order valence-electron chi connectivity index (χ2n) is 10.00. The predicted molar refractivity (Wildman–Crippen MR) is 145 cm³/mol. The number of ether oxygens (including phenoxy) is 3. The molecule has 0 unspecified atom stereocenters. The minimum absolute atomic E-state index is 0.0397. The maximum Gasteiger partial charge on any atom is 0.407 e. The lowest BCUT2D eigenvalue weighted by atomic mass is 9.90. The van der Waals surface area contributed by atoms with E-state index in [1.54, 1.807) is 55.4 Å². The second kappa shape index (κ2) is 11.4. The molecule has 0 radical (unpaired) electrons. The number of carbonyl (C=O) groups is 2. The van der Waals surface area contributed by atoms with Gasteiger partial charge in [-0.2, -0.15) is 5.10 Å². The molecule has 1 aliphatic carbocycles. The van der Waals surface area contributed by atoms with Crippen LogP contribution < -0.4 is 20.1 Å². The summed E-state index contributed by atoms with van der Waals surface area (Å²) < 4.78 is 33.3. The third kappa shape index (κ3) is 5.25. The first kappa shape index (κ1) is 27.2. The van der Waals surface area contributed by atoms with E-state index in [1.165, 1.54) is 7.11 Å². The molecule has 3 heterocycles. The molecule has 3 aromatic rings. The molecule has 0 saturated heterocycles. The number of anilines is 1. The summed E-state index contributed by atoms with van der Waals surface area (Å²) in [4.78, 5) is 31.9. The van der Waals surface area contributed by atoms with E-state index in [-0.39, 0.29) is 48.0 Å². The molecule has 2 amide bonds. The van der Waals surface area contributed by atoms with Gasteiger partial charge in [-0.05, 0) is 25.0 Å². The van der Waals surface area contributed by atoms with Crippen molar-refractivity contribution in [3.05, 3.63) is 53.1 Å². The van der Waals surface area contributed by atoms with E-state index < -0.39 is 11.9 Å². The lowest BCUT2D eigenvalue weighted by Crippen LogP contribution is -2.48. The molecule has 2 atom stereocenters. The average Bonchev–Trinajstić information content (AvgIpc) is 3.54. The Morgan fingerprint density at radius 1 is 1.15 bits per heavy atom. The molecule has 1 saturated carbocycles. The molecule has 11 nitrogen and oxygen atoms in total. The molecule has 2 aliphatic rings. The highest BCUT2D eigenvalue weighted by Gasteiger charge is 2.37. The standard InChI is InChI=1S/C28H33FN6O5/c1-34-13-17(12-30-34)25-23-19(15-35(27(23)36)14-16-9-10-18(38-2)11-22(16)39-3)24(29)26(33-25)31-20-7-5-6-8-21(20)32-28(37)40-4/h9-13,20-21H,5-8,14-15H2,1-4H3,(H,31,33)(H,32,37)/t20-,21+/m1/s1. The minimum Gasteiger partial charge on any atom is -0.497 e. The van der Waals surface area contributed by atoms with Crippen molar-refractivity contribution in [1.82, 2.24) is 25.0 Å². The van der Waals surface area contributed by atoms with Crippen LogP contribution in [0.5, 0.6) is 11.5 Å². The Hall–Kier alpha value is -4.35. The van der Waals surface area contributed by atoms with E-state index in [4.69, 9.17) is 14.2 Å². The van der Waals surface area contributed by atoms with Crippen molar-refractivity contribution in [1.29, 1.82) is 0 Å². The topological polar surface area (TPSA) is 120 Å². The fraction of sp³-hybridized carbons (Fsp3) is 0.429. The number of amides is 2. The number of rotatable bonds is 8. The number of aryl methyl sites for hydroxylation is 1. The average molecular weight is 553 g/mol. The number of nitrogens with one attached hydrogen (secondary N) is 2. The van der Waals surface area contributed by atoms with Gasteiger partial charge in [0.1, 0.15) is 11.5 Å². The van der Waals surface area contributed by atoms with Gasteiger partial charge in [-0.1, -0.05) is 12.8 Å². The number of fused-ring (bicyclic) bond motifs is 1. The van der Waals surface area contributed by atoms with Gasteiger partial charge in [-0.15, -0.1) is 0 Å². The summed E-state index contributed by atoms with van der Waals surface area (Å²) in [5.41, 5.74) is 2.21. The van der Waals surface area contributed by atoms with E-state index in [9.17, 15) is 9.59 Å². The van der Waals surface area contributed by atoms with Gasteiger partial charge >= 0.3 is 6.09 Å². The Labute approximate surface area is 231 Å². The molecule has 2 aromatic heterocycles. The monoisotopic (exact) mass is 552 g/mol. The number of benzene rings is 1. The van der Waals surface area contributed by atoms with Crippen molar-refractivity contribution < 1.29 is 28.2 Å². The zero-order chi connectivity index (χ0) is 28.4. The SMILES string of the molecule is COC(=O)N[C@H]1CCCC[C@H]1Nc1nc(-c2cnn(C)c2)c2c(c1F)CN(Cc1ccc(OC)cc1OC)C2=O. The Kier molecular flexibility index (Phi) is 7.76. The van der Waals surface area contributed by atoms with Gasteiger partial charge in [0.05, 0.1) is 51.4 Å². The summed E-state index contributed by atoms with van der Waals surface area (Å²) >= 11 is 0. The zero-order valence-corrected chi connectivity index (χ0v) is 23.0. The van der Waals surface area contributed by atoms with Crippen LogP contribution in [0.3, 0.4) is 0 Å². The lowest BCUT2D eigenvalue weighted by Gasteiger charge is -2.33. The smallest absolute Gasteiger partial charge is 0.407 e. The predicted octanol–water partition coefficient (Wildman–Crippen LogP) is 3.87. The molecule has 12 heteroatoms. The molecule has 0 spiro atoms. The van der Waals surface area contributed by atoms with Crippen molar-refractivity contribution in [2.24, 2.45) is 7.05 Å². The van der Waals surface area contributed by atoms with Crippen molar-refractivity contribution in [3.63, 3.8) is 0 Å². The van der Waals surface area contributed by atoms with E-state index in [0.717, 1.165) is 31.2 Å². The molecule has 2 N–H and O–H groups in total. The van der Waals surface area contributed by atoms with Crippen molar-refractivity contribution in [2.75, 3.05) is 26.6 Å². The van der Waals surface area contributed by atoms with Gasteiger partial charge in [0.15, 0.2) is 11.6 Å². The number of halogens is 1. The van der Waals surface area contributed by atoms with E-state index in [2.05, 4.69) is 20.7 Å². The quantitative estimate of drug-likeness (QED) is 0.432. The van der Waals surface area contributed by atoms with Gasteiger partial charge in [0, 0.05) is 48.6 Å². The molecule has 40 heavy (non-hydrogen) atoms. The normalized spacial score (nSPS) is 18.3. The highest BCUT2D eigenvalue weighted by atomic mass is 19.1. The number of nitrogens with zero attached hydrogens (tertiary/aromatic N) is 4. The van der Waals surface area contributed by atoms with Crippen LogP contribution in [0.2, 0.25) is 0 Å². The Morgan fingerprint density at radius 2 is 1.93 bits per heavy atom. The number of methoxy groups -OCH3 is 3. The van der Waals surface area contributed by atoms with Gasteiger partial charge in [-0.3, -0.25) is 9.48 Å². The fourth-order valence-corrected chi connectivity index (χ4v) is 5.44. The molecule has 1 aromatic carbocycles. The summed E-state index contributed by atoms with van der Waals surface area (Å²) in [5, 5.41) is 10.3. The van der Waals surface area contributed by atoms with E-state index >= 15 is 4.39 Å². The fourth-order valence-electron chi connectivity index (χ4n) is 5.44. The van der Waals surface area contributed by atoms with Gasteiger partial charge in [0.25, 0.3) is 5.91 Å². The third-order valence-electron chi connectivity index (χ3n) is 7.50. The van der Waals surface area contributed by atoms with Crippen molar-refractivity contribution in [2.45, 2.75) is 50.9 Å². The van der Waals surface area contributed by atoms with Crippen LogP contribution in [0.15, 0.2) is 30.6 Å². The minimum atomic E-state index is -0.581. The number of aromatic nitrogens is 3. The number of alkyl carbamates (subject to hydrolysis) is 1. The van der Waals surface area contributed by atoms with Gasteiger partial charge in [0.2, 0.25) is 0 Å². The van der Waals surface area contributed by atoms with E-state index in [0.29, 0.717) is 22.8 Å². The first-order chi connectivity index (χ1) is 19.3. The lowest BCUT2D eigenvalue weighted by molar-refractivity contribution is 0.0765. The molecule has 5 rings (SSSR count). The summed E-state index contributed by atoms with van der Waals surface area (Å²) in [6.07, 6.45) is 6.13. The first-order valence-electron chi connectivity index (χ1n) is 13.2. The largest absolute Gasteiger partial charge is 0.497 e. The van der Waals surface area contributed by atoms with Gasteiger partial charge in [-0.25, -0.2) is 14.2 Å². The number of hydrogen-bond acceptors (Lipinski definition) is 8. The zero-order valence-electron chi connectivity index (χ0n) is 23.0. The molecule has 1 aliphatic heterocycles. The second-order valence-corrected chi connectivity index (χ2v) is 10.00. The maximum atomic E-state index is 16.1. The molecule has 212 valence electrons. The van der Waals surface area contributed by atoms with E-state index in [1.807, 2.05) is 6.07 Å². The maximum absolute atomic E-state index is 16.1. The van der Waals surface area contributed by atoms with Crippen LogP contribution in [0.25, 0.3) is 11.3 Å². The van der Waals surface area contributed by atoms with Crippen molar-refractivity contribution in [3.8, 4) is 22.8 Å². The summed E-state index contributed by atoms with van der Waals surface area (Å²) in [5.74, 6) is 0.329. The molecule has 0 bridgehead atoms. The Morgan fingerprint density at radius 3 is 2.60 bits per heavy atom. The highest BCUT2D eigenvalue weighted by molar-refractivity contribution is 6.04. The highest BCUT2D eigenvalue weighted by Crippen LogP contribution is 2.38.